The summed E-state index contributed by atoms with van der Waals surface area (Å²) in [4.78, 5) is 17.0. The van der Waals surface area contributed by atoms with Crippen molar-refractivity contribution in [1.29, 1.82) is 0 Å². The molecule has 2 N–H and O–H groups in total. The molecule has 0 aliphatic rings. The van der Waals surface area contributed by atoms with Gasteiger partial charge in [-0.3, -0.25) is 0 Å². The van der Waals surface area contributed by atoms with Gasteiger partial charge in [0, 0.05) is 0 Å². The van der Waals surface area contributed by atoms with Crippen LogP contribution in [0.1, 0.15) is 77.6 Å². The Morgan fingerprint density at radius 2 is 1.11 bits per heavy atom. The van der Waals surface area contributed by atoms with Gasteiger partial charge in [-0.15, -0.1) is 0 Å². The van der Waals surface area contributed by atoms with E-state index in [1.54, 1.807) is 0 Å². The van der Waals surface area contributed by atoms with Crippen LogP contribution in [0.2, 0.25) is 0 Å². The second-order valence-electron chi connectivity index (χ2n) is 4.62. The van der Waals surface area contributed by atoms with E-state index in [0.29, 0.717) is 6.61 Å². The van der Waals surface area contributed by atoms with Gasteiger partial charge in [0.25, 0.3) is 0 Å². The summed E-state index contributed by atoms with van der Waals surface area (Å²) in [7, 11) is -2.14. The number of hydrogen-bond acceptors (Lipinski definition) is 3. The van der Waals surface area contributed by atoms with Crippen molar-refractivity contribution in [3.63, 3.8) is 0 Å². The van der Waals surface area contributed by atoms with Gasteiger partial charge in [0.15, 0.2) is 0 Å². The van der Waals surface area contributed by atoms with Crippen molar-refractivity contribution in [2.75, 3.05) is 6.61 Å². The fourth-order valence-electron chi connectivity index (χ4n) is 1.91. The molecule has 0 fully saturated rings. The van der Waals surface area contributed by atoms with Crippen LogP contribution in [0.5, 0.6) is 0 Å². The molecular weight excluding hydrogens is 258 g/mol. The zero-order valence-electron chi connectivity index (χ0n) is 11.2. The SMILES string of the molecule is CCCCCCCCCCCCCOP(O)O.[NaH]. The summed E-state index contributed by atoms with van der Waals surface area (Å²) in [6.45, 7) is 2.73. The van der Waals surface area contributed by atoms with Gasteiger partial charge in [-0.25, -0.2) is 0 Å². The van der Waals surface area contributed by atoms with Crippen LogP contribution in [0.25, 0.3) is 0 Å². The molecule has 106 valence electrons. The zero-order valence-corrected chi connectivity index (χ0v) is 12.1. The van der Waals surface area contributed by atoms with Crippen LogP contribution in [-0.4, -0.2) is 46.0 Å². The van der Waals surface area contributed by atoms with Gasteiger partial charge >= 0.3 is 38.2 Å². The van der Waals surface area contributed by atoms with Gasteiger partial charge in [0.1, 0.15) is 0 Å². The molecule has 0 aliphatic carbocycles. The molecule has 0 aliphatic heterocycles. The Hall–Kier alpha value is 1.31. The van der Waals surface area contributed by atoms with Crippen molar-refractivity contribution in [1.82, 2.24) is 0 Å². The van der Waals surface area contributed by atoms with Gasteiger partial charge in [0.2, 0.25) is 0 Å². The maximum absolute atomic E-state index is 8.51. The molecule has 0 bridgehead atoms. The Balaban J connectivity index is 0. The Kier molecular flexibility index (Phi) is 22.0. The Morgan fingerprint density at radius 3 is 1.50 bits per heavy atom. The number of hydrogen-bond donors (Lipinski definition) is 2. The summed E-state index contributed by atoms with van der Waals surface area (Å²) in [5.41, 5.74) is 0. The molecule has 3 nitrogen and oxygen atoms in total. The normalized spacial score (nSPS) is 10.7. The molecule has 0 unspecified atom stereocenters. The fourth-order valence-corrected chi connectivity index (χ4v) is 2.20. The van der Waals surface area contributed by atoms with Crippen LogP contribution >= 0.6 is 8.60 Å². The van der Waals surface area contributed by atoms with Crippen molar-refractivity contribution in [2.45, 2.75) is 77.6 Å². The molecular formula is C13H30NaO3P. The minimum absolute atomic E-state index is 0. The summed E-state index contributed by atoms with van der Waals surface area (Å²) in [5.74, 6) is 0. The first-order valence-electron chi connectivity index (χ1n) is 7.08. The summed E-state index contributed by atoms with van der Waals surface area (Å²) >= 11 is 0. The van der Waals surface area contributed by atoms with Crippen molar-refractivity contribution in [3.05, 3.63) is 0 Å². The Labute approximate surface area is 136 Å². The number of unbranched alkanes of at least 4 members (excludes halogenated alkanes) is 10. The first-order valence-corrected chi connectivity index (χ1v) is 8.24. The van der Waals surface area contributed by atoms with Crippen LogP contribution in [0, 0.1) is 0 Å². The van der Waals surface area contributed by atoms with Crippen molar-refractivity contribution >= 4 is 38.2 Å². The molecule has 0 amide bonds. The van der Waals surface area contributed by atoms with Gasteiger partial charge in [-0.2, -0.15) is 0 Å². The quantitative estimate of drug-likeness (QED) is 0.307. The van der Waals surface area contributed by atoms with E-state index in [1.807, 2.05) is 0 Å². The van der Waals surface area contributed by atoms with Crippen molar-refractivity contribution in [3.8, 4) is 0 Å². The fraction of sp³-hybridized carbons (Fsp3) is 1.00. The van der Waals surface area contributed by atoms with Gasteiger partial charge in [-0.05, 0) is 6.42 Å². The topological polar surface area (TPSA) is 49.7 Å². The van der Waals surface area contributed by atoms with E-state index in [9.17, 15) is 0 Å². The van der Waals surface area contributed by atoms with E-state index in [2.05, 4.69) is 6.92 Å². The van der Waals surface area contributed by atoms with Crippen LogP contribution in [0.4, 0.5) is 0 Å². The third-order valence-corrected chi connectivity index (χ3v) is 3.37. The first-order chi connectivity index (χ1) is 8.27. The summed E-state index contributed by atoms with van der Waals surface area (Å²) in [5, 5.41) is 0. The zero-order chi connectivity index (χ0) is 12.8. The van der Waals surface area contributed by atoms with E-state index in [4.69, 9.17) is 14.3 Å². The standard InChI is InChI=1S/C13H29O3P.Na.H/c1-2-3-4-5-6-7-8-9-10-11-12-13-16-17(14)15;;/h14-15H,2-13H2,1H3;;. The van der Waals surface area contributed by atoms with Gasteiger partial charge in [-0.1, -0.05) is 71.1 Å². The Bertz CT molecular complexity index is 148. The van der Waals surface area contributed by atoms with Gasteiger partial charge in [0.05, 0.1) is 6.61 Å². The second kappa shape index (κ2) is 18.3. The predicted octanol–water partition coefficient (Wildman–Crippen LogP) is 3.88. The van der Waals surface area contributed by atoms with Crippen LogP contribution < -0.4 is 0 Å². The molecule has 0 aromatic rings. The molecule has 18 heavy (non-hydrogen) atoms. The minimum atomic E-state index is -2.14. The van der Waals surface area contributed by atoms with E-state index >= 15 is 0 Å². The first kappa shape index (κ1) is 21.6. The van der Waals surface area contributed by atoms with E-state index < -0.39 is 8.60 Å². The molecule has 0 aromatic heterocycles. The van der Waals surface area contributed by atoms with E-state index in [-0.39, 0.29) is 29.6 Å². The Morgan fingerprint density at radius 1 is 0.722 bits per heavy atom. The number of rotatable bonds is 13. The van der Waals surface area contributed by atoms with Crippen molar-refractivity contribution in [2.24, 2.45) is 0 Å². The molecule has 0 aromatic carbocycles. The third kappa shape index (κ3) is 19.6. The summed E-state index contributed by atoms with van der Waals surface area (Å²) < 4.78 is 4.70. The summed E-state index contributed by atoms with van der Waals surface area (Å²) in [6.07, 6.45) is 14.3. The molecule has 0 rings (SSSR count). The van der Waals surface area contributed by atoms with E-state index in [1.165, 1.54) is 57.8 Å². The molecule has 0 radical (unpaired) electrons. The van der Waals surface area contributed by atoms with Gasteiger partial charge < -0.3 is 14.3 Å². The molecule has 0 saturated heterocycles. The maximum atomic E-state index is 8.51. The average molecular weight is 288 g/mol. The average Bonchev–Trinajstić information content (AvgIpc) is 2.30. The third-order valence-electron chi connectivity index (χ3n) is 2.95. The van der Waals surface area contributed by atoms with Crippen LogP contribution in [0.15, 0.2) is 0 Å². The molecule has 5 heteroatoms. The molecule has 0 spiro atoms. The molecule has 0 heterocycles. The monoisotopic (exact) mass is 288 g/mol. The predicted molar refractivity (Wildman–Crippen MR) is 80.9 cm³/mol. The second-order valence-corrected chi connectivity index (χ2v) is 5.39. The van der Waals surface area contributed by atoms with Crippen LogP contribution in [0.3, 0.4) is 0 Å². The van der Waals surface area contributed by atoms with Crippen molar-refractivity contribution < 1.29 is 14.3 Å². The van der Waals surface area contributed by atoms with E-state index in [0.717, 1.165) is 12.8 Å². The summed E-state index contributed by atoms with van der Waals surface area (Å²) in [6, 6.07) is 0. The van der Waals surface area contributed by atoms with Crippen LogP contribution in [-0.2, 0) is 4.52 Å². The molecule has 0 saturated carbocycles. The molecule has 0 atom stereocenters.